The quantitative estimate of drug-likeness (QED) is 0.827. The van der Waals surface area contributed by atoms with Crippen molar-refractivity contribution in [2.45, 2.75) is 19.0 Å². The van der Waals surface area contributed by atoms with Gasteiger partial charge in [-0.05, 0) is 6.07 Å². The number of nitrogens with zero attached hydrogens (tertiary/aromatic N) is 6. The van der Waals surface area contributed by atoms with E-state index in [1.165, 1.54) is 6.33 Å². The van der Waals surface area contributed by atoms with Crippen molar-refractivity contribution in [2.24, 2.45) is 0 Å². The fourth-order valence-corrected chi connectivity index (χ4v) is 2.71. The minimum atomic E-state index is -0.0235. The third kappa shape index (κ3) is 3.10. The lowest BCUT2D eigenvalue weighted by Gasteiger charge is -2.34. The molecule has 0 unspecified atom stereocenters. The van der Waals surface area contributed by atoms with E-state index in [1.54, 1.807) is 38.4 Å². The maximum absolute atomic E-state index is 12.1. The number of hydrogen-bond donors (Lipinski definition) is 0. The zero-order valence-electron chi connectivity index (χ0n) is 13.5. The number of amides is 1. The van der Waals surface area contributed by atoms with E-state index in [-0.39, 0.29) is 11.9 Å². The molecule has 2 aromatic rings. The maximum Gasteiger partial charge on any atom is 0.224 e. The summed E-state index contributed by atoms with van der Waals surface area (Å²) >= 11 is 0. The Labute approximate surface area is 134 Å². The number of carbonyl (C=O) groups excluding carboxylic acids is 1. The van der Waals surface area contributed by atoms with E-state index in [1.807, 2.05) is 10.7 Å². The lowest BCUT2D eigenvalue weighted by Crippen LogP contribution is -2.40. The number of methoxy groups -OCH3 is 1. The van der Waals surface area contributed by atoms with Gasteiger partial charge in [0.15, 0.2) is 0 Å². The normalized spacial score (nSPS) is 16.8. The fourth-order valence-electron chi connectivity index (χ4n) is 2.71. The van der Waals surface area contributed by atoms with Crippen molar-refractivity contribution in [3.05, 3.63) is 30.4 Å². The Morgan fingerprint density at radius 3 is 3.00 bits per heavy atom. The maximum atomic E-state index is 12.1. The molecule has 0 saturated carbocycles. The van der Waals surface area contributed by atoms with Crippen molar-refractivity contribution in [3.8, 4) is 5.88 Å². The van der Waals surface area contributed by atoms with Crippen LogP contribution in [0.1, 0.15) is 18.2 Å². The topological polar surface area (TPSA) is 76.4 Å². The third-order valence-corrected chi connectivity index (χ3v) is 3.95. The average Bonchev–Trinajstić information content (AvgIpc) is 3.03. The van der Waals surface area contributed by atoms with Crippen LogP contribution in [-0.4, -0.2) is 58.3 Å². The van der Waals surface area contributed by atoms with Crippen LogP contribution in [0.5, 0.6) is 5.88 Å². The first-order chi connectivity index (χ1) is 11.1. The molecule has 2 aromatic heterocycles. The van der Waals surface area contributed by atoms with E-state index in [2.05, 4.69) is 20.0 Å². The summed E-state index contributed by atoms with van der Waals surface area (Å²) in [5.41, 5.74) is 1.06. The van der Waals surface area contributed by atoms with Crippen LogP contribution in [-0.2, 0) is 11.3 Å². The number of hydrogen-bond acceptors (Lipinski definition) is 6. The zero-order valence-corrected chi connectivity index (χ0v) is 13.5. The van der Waals surface area contributed by atoms with Crippen LogP contribution in [0, 0.1) is 0 Å². The van der Waals surface area contributed by atoms with Gasteiger partial charge in [0.1, 0.15) is 12.1 Å². The molecule has 1 aliphatic heterocycles. The number of carbonyl (C=O) groups is 1. The first-order valence-corrected chi connectivity index (χ1v) is 7.42. The number of ether oxygens (including phenoxy) is 1. The second-order valence-electron chi connectivity index (χ2n) is 5.71. The fraction of sp³-hybridized carbons (Fsp3) is 0.467. The van der Waals surface area contributed by atoms with Crippen LogP contribution in [0.2, 0.25) is 0 Å². The molecular formula is C15H20N6O2. The molecule has 3 heterocycles. The highest BCUT2D eigenvalue weighted by molar-refractivity contribution is 5.76. The summed E-state index contributed by atoms with van der Waals surface area (Å²) in [4.78, 5) is 24.2. The Morgan fingerprint density at radius 1 is 1.43 bits per heavy atom. The van der Waals surface area contributed by atoms with E-state index >= 15 is 0 Å². The Morgan fingerprint density at radius 2 is 2.26 bits per heavy atom. The molecule has 122 valence electrons. The molecular weight excluding hydrogens is 296 g/mol. The molecule has 0 bridgehead atoms. The first-order valence-electron chi connectivity index (χ1n) is 7.42. The highest BCUT2D eigenvalue weighted by Gasteiger charge is 2.28. The van der Waals surface area contributed by atoms with Gasteiger partial charge in [0.2, 0.25) is 11.8 Å². The minimum absolute atomic E-state index is 0.0235. The van der Waals surface area contributed by atoms with Gasteiger partial charge in [0.05, 0.1) is 31.8 Å². The number of rotatable bonds is 4. The molecule has 0 spiro atoms. The van der Waals surface area contributed by atoms with Crippen molar-refractivity contribution in [1.82, 2.24) is 24.6 Å². The molecule has 8 heteroatoms. The van der Waals surface area contributed by atoms with Gasteiger partial charge >= 0.3 is 0 Å². The van der Waals surface area contributed by atoms with E-state index < -0.39 is 0 Å². The molecule has 3 rings (SSSR count). The molecule has 0 aromatic carbocycles. The van der Waals surface area contributed by atoms with Crippen LogP contribution >= 0.6 is 0 Å². The summed E-state index contributed by atoms with van der Waals surface area (Å²) in [7, 11) is 5.11. The van der Waals surface area contributed by atoms with Crippen LogP contribution in [0.4, 0.5) is 5.82 Å². The molecule has 1 atom stereocenters. The van der Waals surface area contributed by atoms with Crippen molar-refractivity contribution in [2.75, 3.05) is 32.6 Å². The van der Waals surface area contributed by atoms with Gasteiger partial charge in [-0.25, -0.2) is 9.97 Å². The molecule has 8 nitrogen and oxygen atoms in total. The van der Waals surface area contributed by atoms with Gasteiger partial charge < -0.3 is 14.5 Å². The van der Waals surface area contributed by atoms with E-state index in [9.17, 15) is 4.79 Å². The van der Waals surface area contributed by atoms with E-state index in [0.29, 0.717) is 25.4 Å². The van der Waals surface area contributed by atoms with Crippen molar-refractivity contribution in [1.29, 1.82) is 0 Å². The van der Waals surface area contributed by atoms with Gasteiger partial charge in [0, 0.05) is 32.9 Å². The van der Waals surface area contributed by atoms with E-state index in [4.69, 9.17) is 4.74 Å². The highest BCUT2D eigenvalue weighted by Crippen LogP contribution is 2.27. The summed E-state index contributed by atoms with van der Waals surface area (Å²) in [5, 5.41) is 4.37. The van der Waals surface area contributed by atoms with Gasteiger partial charge in [0.25, 0.3) is 0 Å². The number of fused-ring (bicyclic) bond motifs is 1. The second-order valence-corrected chi connectivity index (χ2v) is 5.71. The summed E-state index contributed by atoms with van der Waals surface area (Å²) in [6.45, 7) is 1.35. The molecule has 0 aliphatic carbocycles. The van der Waals surface area contributed by atoms with Gasteiger partial charge in [-0.3, -0.25) is 9.48 Å². The smallest absolute Gasteiger partial charge is 0.224 e. The monoisotopic (exact) mass is 316 g/mol. The Kier molecular flexibility index (Phi) is 4.14. The first kappa shape index (κ1) is 15.3. The molecule has 1 aliphatic rings. The van der Waals surface area contributed by atoms with Crippen molar-refractivity contribution >= 4 is 11.7 Å². The van der Waals surface area contributed by atoms with Crippen molar-refractivity contribution in [3.63, 3.8) is 0 Å². The molecule has 0 N–H and O–H groups in total. The third-order valence-electron chi connectivity index (χ3n) is 3.95. The standard InChI is InChI=1S/C15H20N6O2/c1-19(2)15(22)6-12-9-20(8-11-4-5-18-21(11)12)13-7-14(23-3)17-10-16-13/h4-5,7,10,12H,6,8-9H2,1-3H3/t12-/m1/s1. The largest absolute Gasteiger partial charge is 0.481 e. The average molecular weight is 316 g/mol. The zero-order chi connectivity index (χ0) is 16.4. The summed E-state index contributed by atoms with van der Waals surface area (Å²) in [6, 6.07) is 3.75. The van der Waals surface area contributed by atoms with Crippen LogP contribution in [0.3, 0.4) is 0 Å². The second kappa shape index (κ2) is 6.23. The van der Waals surface area contributed by atoms with Crippen LogP contribution in [0.15, 0.2) is 24.7 Å². The predicted molar refractivity (Wildman–Crippen MR) is 84.2 cm³/mol. The number of anilines is 1. The van der Waals surface area contributed by atoms with Gasteiger partial charge in [-0.15, -0.1) is 0 Å². The summed E-state index contributed by atoms with van der Waals surface area (Å²) in [5.74, 6) is 1.39. The minimum Gasteiger partial charge on any atom is -0.481 e. The Hall–Kier alpha value is -2.64. The molecule has 0 fully saturated rings. The molecule has 23 heavy (non-hydrogen) atoms. The summed E-state index contributed by atoms with van der Waals surface area (Å²) < 4.78 is 7.11. The Bertz CT molecular complexity index is 699. The molecule has 0 saturated heterocycles. The summed E-state index contributed by atoms with van der Waals surface area (Å²) in [6.07, 6.45) is 3.66. The lowest BCUT2D eigenvalue weighted by atomic mass is 10.1. The van der Waals surface area contributed by atoms with Gasteiger partial charge in [-0.1, -0.05) is 0 Å². The predicted octanol–water partition coefficient (Wildman–Crippen LogP) is 0.721. The SMILES string of the molecule is COc1cc(N2Cc3ccnn3[C@H](CC(=O)N(C)C)C2)ncn1. The highest BCUT2D eigenvalue weighted by atomic mass is 16.5. The van der Waals surface area contributed by atoms with Gasteiger partial charge in [-0.2, -0.15) is 5.10 Å². The van der Waals surface area contributed by atoms with Crippen LogP contribution < -0.4 is 9.64 Å². The Balaban J connectivity index is 1.86. The lowest BCUT2D eigenvalue weighted by molar-refractivity contribution is -0.129. The molecule has 1 amide bonds. The number of aromatic nitrogens is 4. The van der Waals surface area contributed by atoms with E-state index in [0.717, 1.165) is 11.5 Å². The molecule has 0 radical (unpaired) electrons. The van der Waals surface area contributed by atoms with Crippen LogP contribution in [0.25, 0.3) is 0 Å². The van der Waals surface area contributed by atoms with Crippen molar-refractivity contribution < 1.29 is 9.53 Å².